The van der Waals surface area contributed by atoms with E-state index in [9.17, 15) is 0 Å². The summed E-state index contributed by atoms with van der Waals surface area (Å²) in [6.07, 6.45) is 10.7. The molecule has 0 amide bonds. The van der Waals surface area contributed by atoms with E-state index in [2.05, 4.69) is 50.1 Å². The van der Waals surface area contributed by atoms with Crippen LogP contribution in [0.3, 0.4) is 0 Å². The van der Waals surface area contributed by atoms with Gasteiger partial charge in [0.25, 0.3) is 0 Å². The summed E-state index contributed by atoms with van der Waals surface area (Å²) >= 11 is 0. The predicted molar refractivity (Wildman–Crippen MR) is 96.9 cm³/mol. The fraction of sp³-hybridized carbons (Fsp3) is 0.500. The lowest BCUT2D eigenvalue weighted by Gasteiger charge is -2.48. The fourth-order valence-corrected chi connectivity index (χ4v) is 4.48. The minimum Gasteiger partial charge on any atom is -0.355 e. The van der Waals surface area contributed by atoms with E-state index in [0.717, 1.165) is 25.5 Å². The molecule has 2 aliphatic heterocycles. The van der Waals surface area contributed by atoms with Crippen LogP contribution in [0.25, 0.3) is 0 Å². The molecule has 4 heteroatoms. The van der Waals surface area contributed by atoms with E-state index < -0.39 is 0 Å². The number of likely N-dealkylation sites (tertiary alicyclic amines) is 1. The molecule has 3 heterocycles. The summed E-state index contributed by atoms with van der Waals surface area (Å²) in [7, 11) is 0. The molecule has 0 saturated carbocycles. The first kappa shape index (κ1) is 15.6. The van der Waals surface area contributed by atoms with Gasteiger partial charge in [-0.2, -0.15) is 0 Å². The van der Waals surface area contributed by atoms with Crippen LogP contribution in [-0.2, 0) is 6.54 Å². The molecule has 1 atom stereocenters. The van der Waals surface area contributed by atoms with Gasteiger partial charge in [0.2, 0.25) is 0 Å². The molecule has 0 N–H and O–H groups in total. The van der Waals surface area contributed by atoms with Crippen LogP contribution in [0.2, 0.25) is 0 Å². The summed E-state index contributed by atoms with van der Waals surface area (Å²) in [6.45, 7) is 5.74. The van der Waals surface area contributed by atoms with Crippen LogP contribution in [0.4, 0.5) is 5.82 Å². The zero-order valence-corrected chi connectivity index (χ0v) is 14.3. The number of hydrogen-bond acceptors (Lipinski definition) is 4. The van der Waals surface area contributed by atoms with Crippen LogP contribution in [0.5, 0.6) is 0 Å². The predicted octanol–water partition coefficient (Wildman–Crippen LogP) is 3.36. The maximum Gasteiger partial charge on any atom is 0.147 e. The van der Waals surface area contributed by atoms with E-state index in [-0.39, 0.29) is 0 Å². The van der Waals surface area contributed by atoms with Crippen LogP contribution in [0.1, 0.15) is 31.2 Å². The molecule has 24 heavy (non-hydrogen) atoms. The number of anilines is 1. The molecular formula is C20H26N4. The smallest absolute Gasteiger partial charge is 0.147 e. The van der Waals surface area contributed by atoms with Gasteiger partial charge in [-0.3, -0.25) is 9.88 Å². The van der Waals surface area contributed by atoms with Crippen LogP contribution in [0.15, 0.2) is 48.9 Å². The fourth-order valence-electron chi connectivity index (χ4n) is 4.48. The number of benzene rings is 1. The number of aromatic nitrogens is 2. The van der Waals surface area contributed by atoms with Gasteiger partial charge in [-0.25, -0.2) is 4.98 Å². The monoisotopic (exact) mass is 322 g/mol. The maximum absolute atomic E-state index is 4.52. The highest BCUT2D eigenvalue weighted by Gasteiger charge is 2.39. The van der Waals surface area contributed by atoms with Gasteiger partial charge < -0.3 is 4.90 Å². The lowest BCUT2D eigenvalue weighted by atomic mass is 9.73. The molecule has 2 fully saturated rings. The Hall–Kier alpha value is -1.94. The molecule has 4 nitrogen and oxygen atoms in total. The zero-order chi connectivity index (χ0) is 16.2. The summed E-state index contributed by atoms with van der Waals surface area (Å²) < 4.78 is 0. The van der Waals surface area contributed by atoms with Gasteiger partial charge in [-0.1, -0.05) is 30.3 Å². The molecule has 1 aromatic heterocycles. The number of hydrogen-bond donors (Lipinski definition) is 0. The summed E-state index contributed by atoms with van der Waals surface area (Å²) in [6, 6.07) is 10.9. The minimum atomic E-state index is 0.419. The molecule has 4 rings (SSSR count). The van der Waals surface area contributed by atoms with E-state index >= 15 is 0 Å². The second-order valence-electron chi connectivity index (χ2n) is 7.39. The van der Waals surface area contributed by atoms with Crippen LogP contribution in [-0.4, -0.2) is 41.0 Å². The third kappa shape index (κ3) is 3.44. The molecule has 0 aliphatic carbocycles. The van der Waals surface area contributed by atoms with Gasteiger partial charge in [0.15, 0.2) is 0 Å². The lowest BCUT2D eigenvalue weighted by molar-refractivity contribution is 0.0682. The maximum atomic E-state index is 4.52. The van der Waals surface area contributed by atoms with E-state index in [1.165, 1.54) is 44.3 Å². The third-order valence-electron chi connectivity index (χ3n) is 5.52. The first-order valence-corrected chi connectivity index (χ1v) is 9.10. The molecule has 1 aromatic carbocycles. The average Bonchev–Trinajstić information content (AvgIpc) is 2.63. The molecule has 0 radical (unpaired) electrons. The first-order valence-electron chi connectivity index (χ1n) is 9.10. The summed E-state index contributed by atoms with van der Waals surface area (Å²) in [5.74, 6) is 1.04. The first-order chi connectivity index (χ1) is 11.8. The largest absolute Gasteiger partial charge is 0.355 e. The normalized spacial score (nSPS) is 25.1. The number of nitrogens with zero attached hydrogens (tertiary/aromatic N) is 4. The standard InChI is InChI=1S/C20H26N4/c1-2-6-18(7-3-1)15-23-12-4-8-20(16-23)9-5-13-24(17-20)19-14-21-10-11-22-19/h1-3,6-7,10-11,14H,4-5,8-9,12-13,15-17H2/t20-/m0/s1. The summed E-state index contributed by atoms with van der Waals surface area (Å²) in [5, 5.41) is 0. The van der Waals surface area contributed by atoms with E-state index in [0.29, 0.717) is 5.41 Å². The van der Waals surface area contributed by atoms with Gasteiger partial charge in [0.05, 0.1) is 6.20 Å². The SMILES string of the molecule is c1ccc(CN2CCC[C@]3(CCCN(c4cnccn4)C3)C2)cc1. The highest BCUT2D eigenvalue weighted by atomic mass is 15.2. The van der Waals surface area contributed by atoms with Crippen molar-refractivity contribution in [2.75, 3.05) is 31.1 Å². The van der Waals surface area contributed by atoms with Gasteiger partial charge in [-0.15, -0.1) is 0 Å². The Labute approximate surface area is 144 Å². The van der Waals surface area contributed by atoms with Crippen molar-refractivity contribution in [3.8, 4) is 0 Å². The van der Waals surface area contributed by atoms with E-state index in [1.54, 1.807) is 12.4 Å². The number of piperidine rings is 2. The van der Waals surface area contributed by atoms with Crippen molar-refractivity contribution in [3.05, 3.63) is 54.5 Å². The quantitative estimate of drug-likeness (QED) is 0.867. The average molecular weight is 322 g/mol. The number of rotatable bonds is 3. The molecule has 2 aromatic rings. The van der Waals surface area contributed by atoms with Gasteiger partial charge >= 0.3 is 0 Å². The Morgan fingerprint density at radius 2 is 1.79 bits per heavy atom. The Morgan fingerprint density at radius 3 is 2.58 bits per heavy atom. The van der Waals surface area contributed by atoms with Gasteiger partial charge in [0, 0.05) is 44.0 Å². The Kier molecular flexibility index (Phi) is 4.48. The van der Waals surface area contributed by atoms with Crippen molar-refractivity contribution in [3.63, 3.8) is 0 Å². The molecular weight excluding hydrogens is 296 g/mol. The van der Waals surface area contributed by atoms with Gasteiger partial charge in [0.1, 0.15) is 5.82 Å². The second-order valence-corrected chi connectivity index (χ2v) is 7.39. The molecule has 0 bridgehead atoms. The summed E-state index contributed by atoms with van der Waals surface area (Å²) in [5.41, 5.74) is 1.85. The van der Waals surface area contributed by atoms with Crippen LogP contribution < -0.4 is 4.90 Å². The van der Waals surface area contributed by atoms with Crippen molar-refractivity contribution in [2.24, 2.45) is 5.41 Å². The van der Waals surface area contributed by atoms with Gasteiger partial charge in [-0.05, 0) is 37.8 Å². The molecule has 2 saturated heterocycles. The van der Waals surface area contributed by atoms with Crippen molar-refractivity contribution >= 4 is 5.82 Å². The van der Waals surface area contributed by atoms with Crippen LogP contribution in [0, 0.1) is 5.41 Å². The van der Waals surface area contributed by atoms with Crippen molar-refractivity contribution in [1.82, 2.24) is 14.9 Å². The van der Waals surface area contributed by atoms with Crippen molar-refractivity contribution in [1.29, 1.82) is 0 Å². The van der Waals surface area contributed by atoms with E-state index in [1.807, 2.05) is 6.20 Å². The molecule has 126 valence electrons. The van der Waals surface area contributed by atoms with E-state index in [4.69, 9.17) is 0 Å². The second kappa shape index (κ2) is 6.89. The molecule has 2 aliphatic rings. The zero-order valence-electron chi connectivity index (χ0n) is 14.3. The Bertz CT molecular complexity index is 641. The third-order valence-corrected chi connectivity index (χ3v) is 5.52. The highest BCUT2D eigenvalue weighted by Crippen LogP contribution is 2.39. The lowest BCUT2D eigenvalue weighted by Crippen LogP contribution is -2.52. The topological polar surface area (TPSA) is 32.3 Å². The Balaban J connectivity index is 1.45. The van der Waals surface area contributed by atoms with Crippen LogP contribution >= 0.6 is 0 Å². The Morgan fingerprint density at radius 1 is 0.958 bits per heavy atom. The summed E-state index contributed by atoms with van der Waals surface area (Å²) in [4.78, 5) is 13.9. The molecule has 1 spiro atoms. The molecule has 0 unspecified atom stereocenters. The minimum absolute atomic E-state index is 0.419. The van der Waals surface area contributed by atoms with Crippen molar-refractivity contribution < 1.29 is 0 Å². The highest BCUT2D eigenvalue weighted by molar-refractivity contribution is 5.36. The van der Waals surface area contributed by atoms with Crippen molar-refractivity contribution in [2.45, 2.75) is 32.2 Å².